The van der Waals surface area contributed by atoms with E-state index in [-0.39, 0.29) is 18.9 Å². The molecule has 3 rings (SSSR count). The Morgan fingerprint density at radius 2 is 2.00 bits per heavy atom. The molecule has 1 N–H and O–H groups in total. The fraction of sp³-hybridized carbons (Fsp3) is 0.450. The first-order valence-electron chi connectivity index (χ1n) is 9.28. The molecule has 1 unspecified atom stereocenters. The van der Waals surface area contributed by atoms with Crippen LogP contribution in [-0.4, -0.2) is 40.1 Å². The van der Waals surface area contributed by atoms with E-state index in [2.05, 4.69) is 4.98 Å². The first-order chi connectivity index (χ1) is 13.0. The molecule has 0 spiro atoms. The molecule has 1 atom stereocenters. The summed E-state index contributed by atoms with van der Waals surface area (Å²) in [6.45, 7) is 4.29. The van der Waals surface area contributed by atoms with Gasteiger partial charge < -0.3 is 14.2 Å². The molecule has 27 heavy (non-hydrogen) atoms. The smallest absolute Gasteiger partial charge is 0.328 e. The number of H-pyrrole nitrogens is 1. The lowest BCUT2D eigenvalue weighted by molar-refractivity contribution is -0.133. The van der Waals surface area contributed by atoms with E-state index in [0.717, 1.165) is 25.1 Å². The lowest BCUT2D eigenvalue weighted by Gasteiger charge is -2.32. The summed E-state index contributed by atoms with van der Waals surface area (Å²) in [5.41, 5.74) is 0.270. The molecule has 0 saturated carbocycles. The van der Waals surface area contributed by atoms with Gasteiger partial charge in [-0.05, 0) is 31.9 Å². The number of piperidine rings is 1. The van der Waals surface area contributed by atoms with E-state index in [4.69, 9.17) is 4.74 Å². The van der Waals surface area contributed by atoms with Crippen molar-refractivity contribution in [3.05, 3.63) is 62.9 Å². The summed E-state index contributed by atoms with van der Waals surface area (Å²) in [6.07, 6.45) is 3.64. The maximum Gasteiger partial charge on any atom is 0.328 e. The average molecular weight is 371 g/mol. The molecule has 1 aromatic carbocycles. The highest BCUT2D eigenvalue weighted by molar-refractivity contribution is 5.76. The van der Waals surface area contributed by atoms with Crippen molar-refractivity contribution in [3.63, 3.8) is 0 Å². The first kappa shape index (κ1) is 18.9. The number of carbonyl (C=O) groups is 1. The standard InChI is InChI=1S/C20H25N3O4/c1-15-4-6-17(7-5-15)27-14-16-3-2-10-23(13-16)19(25)9-12-22-11-8-18(24)21-20(22)26/h4-8,11,16H,2-3,9-10,12-14H2,1H3,(H,21,24,26). The van der Waals surface area contributed by atoms with Crippen LogP contribution in [0.15, 0.2) is 46.1 Å². The predicted molar refractivity (Wildman–Crippen MR) is 102 cm³/mol. The number of nitrogens with zero attached hydrogens (tertiary/aromatic N) is 2. The Balaban J connectivity index is 1.49. The molecule has 1 fully saturated rings. The Hall–Kier alpha value is -2.83. The van der Waals surface area contributed by atoms with Gasteiger partial charge in [-0.15, -0.1) is 0 Å². The van der Waals surface area contributed by atoms with Gasteiger partial charge in [0.2, 0.25) is 5.91 Å². The van der Waals surface area contributed by atoms with Crippen LogP contribution in [0.2, 0.25) is 0 Å². The number of aromatic amines is 1. The van der Waals surface area contributed by atoms with Crippen LogP contribution >= 0.6 is 0 Å². The van der Waals surface area contributed by atoms with E-state index >= 15 is 0 Å². The molecule has 7 nitrogen and oxygen atoms in total. The normalized spacial score (nSPS) is 16.9. The molecule has 0 bridgehead atoms. The van der Waals surface area contributed by atoms with Crippen molar-refractivity contribution in [2.75, 3.05) is 19.7 Å². The molecular formula is C20H25N3O4. The Morgan fingerprint density at radius 3 is 2.74 bits per heavy atom. The third-order valence-electron chi connectivity index (χ3n) is 4.84. The van der Waals surface area contributed by atoms with Gasteiger partial charge in [0, 0.05) is 44.2 Å². The lowest BCUT2D eigenvalue weighted by atomic mass is 9.98. The van der Waals surface area contributed by atoms with E-state index < -0.39 is 11.2 Å². The van der Waals surface area contributed by atoms with E-state index in [1.54, 1.807) is 0 Å². The van der Waals surface area contributed by atoms with E-state index in [1.165, 1.54) is 22.4 Å². The highest BCUT2D eigenvalue weighted by atomic mass is 16.5. The van der Waals surface area contributed by atoms with E-state index in [9.17, 15) is 14.4 Å². The molecule has 1 aliphatic rings. The molecule has 2 heterocycles. The van der Waals surface area contributed by atoms with Crippen molar-refractivity contribution < 1.29 is 9.53 Å². The Bertz CT molecular complexity index is 885. The number of benzene rings is 1. The van der Waals surface area contributed by atoms with Crippen LogP contribution in [0.5, 0.6) is 5.75 Å². The van der Waals surface area contributed by atoms with Gasteiger partial charge in [-0.3, -0.25) is 14.6 Å². The Morgan fingerprint density at radius 1 is 1.22 bits per heavy atom. The number of amides is 1. The molecule has 1 aromatic heterocycles. The summed E-state index contributed by atoms with van der Waals surface area (Å²) in [5.74, 6) is 1.18. The molecule has 144 valence electrons. The zero-order chi connectivity index (χ0) is 19.2. The van der Waals surface area contributed by atoms with Crippen LogP contribution < -0.4 is 16.0 Å². The fourth-order valence-electron chi connectivity index (χ4n) is 3.27. The molecule has 0 aliphatic carbocycles. The van der Waals surface area contributed by atoms with Crippen LogP contribution in [0.1, 0.15) is 24.8 Å². The van der Waals surface area contributed by atoms with E-state index in [0.29, 0.717) is 19.1 Å². The zero-order valence-corrected chi connectivity index (χ0v) is 15.5. The number of hydrogen-bond donors (Lipinski definition) is 1. The zero-order valence-electron chi connectivity index (χ0n) is 15.5. The number of ether oxygens (including phenoxy) is 1. The second-order valence-electron chi connectivity index (χ2n) is 7.03. The maximum atomic E-state index is 12.5. The highest BCUT2D eigenvalue weighted by Crippen LogP contribution is 2.20. The van der Waals surface area contributed by atoms with Crippen LogP contribution in [0.4, 0.5) is 0 Å². The minimum Gasteiger partial charge on any atom is -0.493 e. The molecule has 1 amide bonds. The summed E-state index contributed by atoms with van der Waals surface area (Å²) in [6, 6.07) is 9.24. The van der Waals surface area contributed by atoms with Gasteiger partial charge in [0.25, 0.3) is 5.56 Å². The molecule has 2 aromatic rings. The highest BCUT2D eigenvalue weighted by Gasteiger charge is 2.24. The fourth-order valence-corrected chi connectivity index (χ4v) is 3.27. The molecule has 1 saturated heterocycles. The summed E-state index contributed by atoms with van der Waals surface area (Å²) < 4.78 is 7.22. The number of aryl methyl sites for hydroxylation is 2. The van der Waals surface area contributed by atoms with Gasteiger partial charge in [-0.2, -0.15) is 0 Å². The quantitative estimate of drug-likeness (QED) is 0.835. The molecular weight excluding hydrogens is 346 g/mol. The number of nitrogens with one attached hydrogen (secondary N) is 1. The topological polar surface area (TPSA) is 84.4 Å². The largest absolute Gasteiger partial charge is 0.493 e. The third kappa shape index (κ3) is 5.32. The van der Waals surface area contributed by atoms with Gasteiger partial charge >= 0.3 is 5.69 Å². The van der Waals surface area contributed by atoms with Crippen molar-refractivity contribution in [1.29, 1.82) is 0 Å². The number of rotatable bonds is 6. The monoisotopic (exact) mass is 371 g/mol. The molecule has 7 heteroatoms. The summed E-state index contributed by atoms with van der Waals surface area (Å²) in [5, 5.41) is 0. The number of carbonyl (C=O) groups excluding carboxylic acids is 1. The van der Waals surface area contributed by atoms with Crippen molar-refractivity contribution in [3.8, 4) is 5.75 Å². The second kappa shape index (κ2) is 8.70. The minimum atomic E-state index is -0.488. The number of hydrogen-bond acceptors (Lipinski definition) is 4. The average Bonchev–Trinajstić information content (AvgIpc) is 2.67. The van der Waals surface area contributed by atoms with Crippen LogP contribution in [0.25, 0.3) is 0 Å². The summed E-state index contributed by atoms with van der Waals surface area (Å²) in [7, 11) is 0. The Kier molecular flexibility index (Phi) is 6.11. The van der Waals surface area contributed by atoms with Gasteiger partial charge in [0.1, 0.15) is 5.75 Å². The SMILES string of the molecule is Cc1ccc(OCC2CCCN(C(=O)CCn3ccc(=O)[nH]c3=O)C2)cc1. The van der Waals surface area contributed by atoms with Gasteiger partial charge in [0.05, 0.1) is 6.61 Å². The lowest BCUT2D eigenvalue weighted by Crippen LogP contribution is -2.42. The van der Waals surface area contributed by atoms with Crippen LogP contribution in [0, 0.1) is 12.8 Å². The van der Waals surface area contributed by atoms with Gasteiger partial charge in [-0.25, -0.2) is 4.79 Å². The van der Waals surface area contributed by atoms with Crippen molar-refractivity contribution in [1.82, 2.24) is 14.5 Å². The number of likely N-dealkylation sites (tertiary alicyclic amines) is 1. The van der Waals surface area contributed by atoms with Crippen molar-refractivity contribution in [2.45, 2.75) is 32.7 Å². The molecule has 1 aliphatic heterocycles. The number of aromatic nitrogens is 2. The van der Waals surface area contributed by atoms with Crippen molar-refractivity contribution >= 4 is 5.91 Å². The van der Waals surface area contributed by atoms with E-state index in [1.807, 2.05) is 36.1 Å². The second-order valence-corrected chi connectivity index (χ2v) is 7.03. The first-order valence-corrected chi connectivity index (χ1v) is 9.28. The third-order valence-corrected chi connectivity index (χ3v) is 4.84. The maximum absolute atomic E-state index is 12.5. The van der Waals surface area contributed by atoms with Gasteiger partial charge in [0.15, 0.2) is 0 Å². The minimum absolute atomic E-state index is 0.0214. The molecule has 0 radical (unpaired) electrons. The van der Waals surface area contributed by atoms with Crippen molar-refractivity contribution in [2.24, 2.45) is 5.92 Å². The predicted octanol–water partition coefficient (Wildman–Crippen LogP) is 1.55. The summed E-state index contributed by atoms with van der Waals surface area (Å²) in [4.78, 5) is 39.3. The summed E-state index contributed by atoms with van der Waals surface area (Å²) >= 11 is 0. The van der Waals surface area contributed by atoms with Crippen LogP contribution in [-0.2, 0) is 11.3 Å². The van der Waals surface area contributed by atoms with Gasteiger partial charge in [-0.1, -0.05) is 17.7 Å². The Labute approximate surface area is 157 Å². The van der Waals surface area contributed by atoms with Crippen LogP contribution in [0.3, 0.4) is 0 Å².